The SMILES string of the molecule is COc1ccc(Cn2cc(I)cn2)cc1C(N)=NO. The number of oxime groups is 1. The lowest BCUT2D eigenvalue weighted by atomic mass is 10.1. The van der Waals surface area contributed by atoms with Crippen molar-refractivity contribution in [2.24, 2.45) is 10.9 Å². The maximum Gasteiger partial charge on any atom is 0.173 e. The standard InChI is InChI=1S/C12H13IN4O2/c1-19-11-3-2-8(4-10(11)12(14)16-18)6-17-7-9(13)5-15-17/h2-5,7,18H,6H2,1H3,(H2,14,16). The molecule has 0 atom stereocenters. The summed E-state index contributed by atoms with van der Waals surface area (Å²) < 4.78 is 8.07. The molecule has 0 bridgehead atoms. The molecule has 100 valence electrons. The van der Waals surface area contributed by atoms with Gasteiger partial charge in [0.2, 0.25) is 0 Å². The van der Waals surface area contributed by atoms with E-state index in [0.717, 1.165) is 9.13 Å². The third-order valence-electron chi connectivity index (χ3n) is 2.59. The molecule has 7 heteroatoms. The van der Waals surface area contributed by atoms with Gasteiger partial charge in [0.15, 0.2) is 5.84 Å². The molecule has 6 nitrogen and oxygen atoms in total. The van der Waals surface area contributed by atoms with E-state index in [1.165, 1.54) is 0 Å². The zero-order valence-electron chi connectivity index (χ0n) is 10.2. The first kappa shape index (κ1) is 13.7. The first-order chi connectivity index (χ1) is 9.13. The minimum Gasteiger partial charge on any atom is -0.496 e. The van der Waals surface area contributed by atoms with E-state index in [2.05, 4.69) is 32.8 Å². The largest absolute Gasteiger partial charge is 0.496 e. The second kappa shape index (κ2) is 5.91. The summed E-state index contributed by atoms with van der Waals surface area (Å²) in [5.74, 6) is 0.586. The fourth-order valence-corrected chi connectivity index (χ4v) is 2.17. The number of hydrogen-bond acceptors (Lipinski definition) is 4. The van der Waals surface area contributed by atoms with Gasteiger partial charge in [-0.25, -0.2) is 0 Å². The van der Waals surface area contributed by atoms with Crippen molar-refractivity contribution < 1.29 is 9.94 Å². The van der Waals surface area contributed by atoms with Gasteiger partial charge in [0, 0.05) is 6.20 Å². The molecule has 0 unspecified atom stereocenters. The van der Waals surface area contributed by atoms with Gasteiger partial charge < -0.3 is 15.7 Å². The van der Waals surface area contributed by atoms with Gasteiger partial charge in [0.1, 0.15) is 5.75 Å². The third-order valence-corrected chi connectivity index (χ3v) is 3.15. The Hall–Kier alpha value is -1.77. The van der Waals surface area contributed by atoms with Crippen LogP contribution in [-0.2, 0) is 6.54 Å². The number of aromatic nitrogens is 2. The number of amidine groups is 1. The number of nitrogens with two attached hydrogens (primary N) is 1. The quantitative estimate of drug-likeness (QED) is 0.281. The predicted octanol–water partition coefficient (Wildman–Crippen LogP) is 1.64. The van der Waals surface area contributed by atoms with E-state index in [1.54, 1.807) is 19.4 Å². The molecular formula is C12H13IN4O2. The molecule has 0 amide bonds. The molecule has 19 heavy (non-hydrogen) atoms. The Morgan fingerprint density at radius 2 is 2.37 bits per heavy atom. The number of ether oxygens (including phenoxy) is 1. The van der Waals surface area contributed by atoms with Gasteiger partial charge in [0.25, 0.3) is 0 Å². The van der Waals surface area contributed by atoms with Gasteiger partial charge in [-0.15, -0.1) is 0 Å². The Labute approximate surface area is 124 Å². The van der Waals surface area contributed by atoms with Crippen LogP contribution in [-0.4, -0.2) is 27.9 Å². The second-order valence-corrected chi connectivity index (χ2v) is 5.12. The van der Waals surface area contributed by atoms with Crippen molar-refractivity contribution in [1.82, 2.24) is 9.78 Å². The Morgan fingerprint density at radius 1 is 1.58 bits per heavy atom. The first-order valence-corrected chi connectivity index (χ1v) is 6.54. The van der Waals surface area contributed by atoms with Crippen molar-refractivity contribution in [1.29, 1.82) is 0 Å². The van der Waals surface area contributed by atoms with E-state index in [4.69, 9.17) is 15.7 Å². The lowest BCUT2D eigenvalue weighted by Crippen LogP contribution is -2.15. The van der Waals surface area contributed by atoms with Crippen molar-refractivity contribution >= 4 is 28.4 Å². The molecule has 0 aliphatic carbocycles. The molecule has 0 spiro atoms. The van der Waals surface area contributed by atoms with Crippen LogP contribution in [0.5, 0.6) is 5.75 Å². The normalized spacial score (nSPS) is 11.6. The van der Waals surface area contributed by atoms with E-state index in [9.17, 15) is 0 Å². The van der Waals surface area contributed by atoms with Gasteiger partial charge in [-0.05, 0) is 40.3 Å². The summed E-state index contributed by atoms with van der Waals surface area (Å²) in [4.78, 5) is 0. The molecule has 0 saturated heterocycles. The summed E-state index contributed by atoms with van der Waals surface area (Å²) in [6.45, 7) is 0.610. The predicted molar refractivity (Wildman–Crippen MR) is 79.6 cm³/mol. The van der Waals surface area contributed by atoms with Crippen molar-refractivity contribution in [3.63, 3.8) is 0 Å². The monoisotopic (exact) mass is 372 g/mol. The van der Waals surface area contributed by atoms with Crippen LogP contribution in [0.1, 0.15) is 11.1 Å². The first-order valence-electron chi connectivity index (χ1n) is 5.47. The minimum absolute atomic E-state index is 0.0220. The van der Waals surface area contributed by atoms with Gasteiger partial charge in [-0.1, -0.05) is 11.2 Å². The van der Waals surface area contributed by atoms with Crippen LogP contribution in [0.25, 0.3) is 0 Å². The highest BCUT2D eigenvalue weighted by Gasteiger charge is 2.09. The van der Waals surface area contributed by atoms with E-state index in [-0.39, 0.29) is 5.84 Å². The summed E-state index contributed by atoms with van der Waals surface area (Å²) in [6.07, 6.45) is 3.72. The number of rotatable bonds is 4. The molecule has 0 radical (unpaired) electrons. The lowest BCUT2D eigenvalue weighted by Gasteiger charge is -2.09. The molecule has 1 heterocycles. The molecule has 2 aromatic rings. The van der Waals surface area contributed by atoms with Crippen LogP contribution in [0.2, 0.25) is 0 Å². The molecular weight excluding hydrogens is 359 g/mol. The van der Waals surface area contributed by atoms with Crippen LogP contribution < -0.4 is 10.5 Å². The molecule has 2 rings (SSSR count). The van der Waals surface area contributed by atoms with E-state index in [0.29, 0.717) is 17.9 Å². The smallest absolute Gasteiger partial charge is 0.173 e. The zero-order valence-corrected chi connectivity index (χ0v) is 12.4. The molecule has 0 aliphatic heterocycles. The third kappa shape index (κ3) is 3.16. The maximum atomic E-state index is 8.78. The Balaban J connectivity index is 2.32. The molecule has 0 fully saturated rings. The summed E-state index contributed by atoms with van der Waals surface area (Å²) in [7, 11) is 1.54. The van der Waals surface area contributed by atoms with Crippen LogP contribution in [0.4, 0.5) is 0 Å². The topological polar surface area (TPSA) is 85.7 Å². The van der Waals surface area contributed by atoms with Crippen molar-refractivity contribution in [2.75, 3.05) is 7.11 Å². The number of hydrogen-bond donors (Lipinski definition) is 2. The highest BCUT2D eigenvalue weighted by Crippen LogP contribution is 2.20. The number of benzene rings is 1. The van der Waals surface area contributed by atoms with Gasteiger partial charge >= 0.3 is 0 Å². The van der Waals surface area contributed by atoms with Crippen LogP contribution in [0.3, 0.4) is 0 Å². The summed E-state index contributed by atoms with van der Waals surface area (Å²) >= 11 is 2.20. The Bertz CT molecular complexity index is 610. The van der Waals surface area contributed by atoms with Gasteiger partial charge in [-0.3, -0.25) is 4.68 Å². The average molecular weight is 372 g/mol. The summed E-state index contributed by atoms with van der Waals surface area (Å²) in [6, 6.07) is 5.53. The van der Waals surface area contributed by atoms with Gasteiger partial charge in [0.05, 0.1) is 29.0 Å². The summed E-state index contributed by atoms with van der Waals surface area (Å²) in [5, 5.41) is 16.0. The molecule has 1 aromatic carbocycles. The molecule has 1 aromatic heterocycles. The zero-order chi connectivity index (χ0) is 13.8. The Morgan fingerprint density at radius 3 is 2.95 bits per heavy atom. The van der Waals surface area contributed by atoms with Crippen molar-refractivity contribution in [2.45, 2.75) is 6.54 Å². The molecule has 0 saturated carbocycles. The van der Waals surface area contributed by atoms with Crippen LogP contribution >= 0.6 is 22.6 Å². The Kier molecular flexibility index (Phi) is 4.25. The van der Waals surface area contributed by atoms with Crippen LogP contribution in [0.15, 0.2) is 35.7 Å². The maximum absolute atomic E-state index is 8.78. The van der Waals surface area contributed by atoms with E-state index >= 15 is 0 Å². The average Bonchev–Trinajstić information content (AvgIpc) is 2.83. The van der Waals surface area contributed by atoms with Crippen molar-refractivity contribution in [3.05, 3.63) is 45.3 Å². The number of methoxy groups -OCH3 is 1. The second-order valence-electron chi connectivity index (χ2n) is 3.88. The number of halogens is 1. The fraction of sp³-hybridized carbons (Fsp3) is 0.167. The highest BCUT2D eigenvalue weighted by atomic mass is 127. The summed E-state index contributed by atoms with van der Waals surface area (Å²) in [5.41, 5.74) is 7.18. The van der Waals surface area contributed by atoms with E-state index < -0.39 is 0 Å². The van der Waals surface area contributed by atoms with E-state index in [1.807, 2.05) is 23.0 Å². The fourth-order valence-electron chi connectivity index (χ4n) is 1.72. The van der Waals surface area contributed by atoms with Crippen molar-refractivity contribution in [3.8, 4) is 5.75 Å². The van der Waals surface area contributed by atoms with Gasteiger partial charge in [-0.2, -0.15) is 5.10 Å². The lowest BCUT2D eigenvalue weighted by molar-refractivity contribution is 0.318. The highest BCUT2D eigenvalue weighted by molar-refractivity contribution is 14.1. The molecule has 3 N–H and O–H groups in total. The molecule has 0 aliphatic rings. The number of nitrogens with zero attached hydrogens (tertiary/aromatic N) is 3. The van der Waals surface area contributed by atoms with Crippen LogP contribution in [0, 0.1) is 3.57 Å². The minimum atomic E-state index is 0.0220.